The largest absolute Gasteiger partial charge is 0.469 e. The van der Waals surface area contributed by atoms with E-state index in [0.29, 0.717) is 0 Å². The van der Waals surface area contributed by atoms with E-state index in [2.05, 4.69) is 5.10 Å². The Morgan fingerprint density at radius 1 is 0.882 bits per heavy atom. The topological polar surface area (TPSA) is 76.0 Å². The average Bonchev–Trinajstić information content (AvgIpc) is 3.16. The zero-order valence-electron chi connectivity index (χ0n) is 19.0. The van der Waals surface area contributed by atoms with Crippen molar-refractivity contribution in [1.82, 2.24) is 5.01 Å². The molecule has 34 heavy (non-hydrogen) atoms. The third kappa shape index (κ3) is 4.37. The fourth-order valence-corrected chi connectivity index (χ4v) is 8.00. The molecular formula is C27H25N2O4P. The van der Waals surface area contributed by atoms with Gasteiger partial charge in [0.05, 0.1) is 19.2 Å². The fourth-order valence-electron chi connectivity index (χ4n) is 4.20. The lowest BCUT2D eigenvalue weighted by Gasteiger charge is -2.28. The monoisotopic (exact) mass is 472 g/mol. The van der Waals surface area contributed by atoms with Crippen molar-refractivity contribution in [2.24, 2.45) is 11.0 Å². The first kappa shape index (κ1) is 23.4. The van der Waals surface area contributed by atoms with Gasteiger partial charge in [0, 0.05) is 7.05 Å². The molecule has 3 aromatic carbocycles. The molecule has 3 aromatic rings. The van der Waals surface area contributed by atoms with Crippen molar-refractivity contribution in [3.8, 4) is 0 Å². The van der Waals surface area contributed by atoms with Crippen molar-refractivity contribution < 1.29 is 19.1 Å². The van der Waals surface area contributed by atoms with Crippen LogP contribution in [0.3, 0.4) is 0 Å². The number of amides is 1. The van der Waals surface area contributed by atoms with Gasteiger partial charge in [-0.3, -0.25) is 14.4 Å². The molecule has 1 heterocycles. The molecule has 0 spiro atoms. The van der Waals surface area contributed by atoms with Crippen LogP contribution in [0.15, 0.2) is 96.1 Å². The molecule has 0 radical (unpaired) electrons. The van der Waals surface area contributed by atoms with E-state index < -0.39 is 24.7 Å². The summed E-state index contributed by atoms with van der Waals surface area (Å²) >= 11 is 0. The highest BCUT2D eigenvalue weighted by Crippen LogP contribution is 2.44. The first-order valence-electron chi connectivity index (χ1n) is 10.8. The van der Waals surface area contributed by atoms with Crippen LogP contribution in [0.2, 0.25) is 0 Å². The van der Waals surface area contributed by atoms with Gasteiger partial charge in [-0.2, -0.15) is 5.10 Å². The van der Waals surface area contributed by atoms with Crippen LogP contribution in [0, 0.1) is 5.92 Å². The molecular weight excluding hydrogens is 447 g/mol. The maximum Gasteiger partial charge on any atom is 0.311 e. The number of hydrogen-bond acceptors (Lipinski definition) is 5. The summed E-state index contributed by atoms with van der Waals surface area (Å²) in [5.74, 6) is -0.814. The SMILES string of the molecule is COC(=O)CC1=NN(C)C(=O)C1C(=O)C=P(c1ccccc1)(c1ccccc1)c1ccccc1. The maximum absolute atomic E-state index is 13.9. The molecule has 0 aromatic heterocycles. The third-order valence-corrected chi connectivity index (χ3v) is 9.81. The smallest absolute Gasteiger partial charge is 0.311 e. The van der Waals surface area contributed by atoms with E-state index in [0.717, 1.165) is 20.9 Å². The Labute approximate surface area is 198 Å². The lowest BCUT2D eigenvalue weighted by molar-refractivity contribution is -0.139. The third-order valence-electron chi connectivity index (χ3n) is 5.83. The molecule has 0 N–H and O–H groups in total. The predicted molar refractivity (Wildman–Crippen MR) is 137 cm³/mol. The Morgan fingerprint density at radius 2 is 1.32 bits per heavy atom. The van der Waals surface area contributed by atoms with Gasteiger partial charge in [0.15, 0.2) is 5.78 Å². The second-order valence-corrected chi connectivity index (χ2v) is 11.2. The Balaban J connectivity index is 1.97. The molecule has 6 nitrogen and oxygen atoms in total. The molecule has 1 unspecified atom stereocenters. The Morgan fingerprint density at radius 3 is 1.74 bits per heavy atom. The molecule has 1 atom stereocenters. The molecule has 7 heteroatoms. The second-order valence-electron chi connectivity index (χ2n) is 7.90. The highest BCUT2D eigenvalue weighted by Gasteiger charge is 2.41. The van der Waals surface area contributed by atoms with Gasteiger partial charge in [-0.15, -0.1) is 0 Å². The van der Waals surface area contributed by atoms with E-state index in [-0.39, 0.29) is 17.9 Å². The Hall–Kier alpha value is -3.76. The molecule has 0 saturated carbocycles. The van der Waals surface area contributed by atoms with Gasteiger partial charge in [0.2, 0.25) is 0 Å². The number of carbonyl (C=O) groups is 3. The van der Waals surface area contributed by atoms with Gasteiger partial charge in [-0.1, -0.05) is 91.0 Å². The van der Waals surface area contributed by atoms with Crippen LogP contribution >= 0.6 is 6.89 Å². The zero-order valence-corrected chi connectivity index (χ0v) is 19.9. The summed E-state index contributed by atoms with van der Waals surface area (Å²) in [5, 5.41) is 8.28. The highest BCUT2D eigenvalue weighted by atomic mass is 31.2. The standard InChI is InChI=1S/C27H25N2O4P/c1-29-27(32)26(23(28-29)18-25(31)33-2)24(30)19-34(20-12-6-3-7-13-20,21-14-8-4-9-15-21)22-16-10-5-11-17-22/h3-17,19,26H,18H2,1-2H3. The molecule has 1 aliphatic heterocycles. The highest BCUT2D eigenvalue weighted by molar-refractivity contribution is 7.95. The Kier molecular flexibility index (Phi) is 6.90. The fraction of sp³-hybridized carbons (Fsp3) is 0.148. The van der Waals surface area contributed by atoms with Crippen LogP contribution in [-0.2, 0) is 19.1 Å². The van der Waals surface area contributed by atoms with Gasteiger partial charge >= 0.3 is 5.97 Å². The minimum Gasteiger partial charge on any atom is -0.469 e. The minimum absolute atomic E-state index is 0.202. The number of hydrazone groups is 1. The number of ketones is 1. The first-order valence-corrected chi connectivity index (χ1v) is 12.7. The summed E-state index contributed by atoms with van der Waals surface area (Å²) in [6, 6.07) is 29.6. The van der Waals surface area contributed by atoms with Crippen LogP contribution in [0.5, 0.6) is 0 Å². The van der Waals surface area contributed by atoms with Crippen molar-refractivity contribution in [2.75, 3.05) is 14.2 Å². The molecule has 4 rings (SSSR count). The summed E-state index contributed by atoms with van der Waals surface area (Å²) < 4.78 is 4.76. The number of hydrogen-bond donors (Lipinski definition) is 0. The van der Waals surface area contributed by atoms with E-state index in [1.165, 1.54) is 14.2 Å². The van der Waals surface area contributed by atoms with Crippen molar-refractivity contribution >= 4 is 52.0 Å². The Bertz CT molecular complexity index is 1180. The number of carbonyl (C=O) groups excluding carboxylic acids is 3. The van der Waals surface area contributed by atoms with Crippen LogP contribution in [0.4, 0.5) is 0 Å². The number of benzene rings is 3. The number of rotatable bonds is 7. The van der Waals surface area contributed by atoms with Crippen molar-refractivity contribution in [3.63, 3.8) is 0 Å². The molecule has 0 fully saturated rings. The molecule has 1 aliphatic rings. The summed E-state index contributed by atoms with van der Waals surface area (Å²) in [4.78, 5) is 38.8. The van der Waals surface area contributed by atoms with E-state index in [9.17, 15) is 14.4 Å². The van der Waals surface area contributed by atoms with Crippen LogP contribution in [0.25, 0.3) is 0 Å². The van der Waals surface area contributed by atoms with E-state index in [4.69, 9.17) is 4.74 Å². The predicted octanol–water partition coefficient (Wildman–Crippen LogP) is 2.36. The van der Waals surface area contributed by atoms with Gasteiger partial charge in [-0.25, -0.2) is 5.01 Å². The molecule has 0 saturated heterocycles. The number of esters is 1. The van der Waals surface area contributed by atoms with Crippen LogP contribution < -0.4 is 15.9 Å². The molecule has 172 valence electrons. The van der Waals surface area contributed by atoms with Gasteiger partial charge in [-0.05, 0) is 28.6 Å². The van der Waals surface area contributed by atoms with Crippen LogP contribution in [-0.4, -0.2) is 48.3 Å². The quantitative estimate of drug-likeness (QED) is 0.301. The zero-order chi connectivity index (χ0) is 24.1. The lowest BCUT2D eigenvalue weighted by atomic mass is 9.97. The van der Waals surface area contributed by atoms with Crippen molar-refractivity contribution in [1.29, 1.82) is 0 Å². The minimum atomic E-state index is -2.59. The van der Waals surface area contributed by atoms with Gasteiger partial charge < -0.3 is 4.74 Å². The van der Waals surface area contributed by atoms with E-state index in [1.807, 2.05) is 91.0 Å². The number of methoxy groups -OCH3 is 1. The summed E-state index contributed by atoms with van der Waals surface area (Å²) in [5.41, 5.74) is 0.202. The molecule has 0 aliphatic carbocycles. The van der Waals surface area contributed by atoms with E-state index >= 15 is 0 Å². The number of ether oxygens (including phenoxy) is 1. The normalized spacial score (nSPS) is 15.6. The lowest BCUT2D eigenvalue weighted by Crippen LogP contribution is -2.36. The molecule has 1 amide bonds. The summed E-state index contributed by atoms with van der Waals surface area (Å²) in [7, 11) is 2.75. The first-order chi connectivity index (χ1) is 16.5. The van der Waals surface area contributed by atoms with Crippen molar-refractivity contribution in [2.45, 2.75) is 6.42 Å². The second kappa shape index (κ2) is 10.0. The molecule has 0 bridgehead atoms. The maximum atomic E-state index is 13.9. The van der Waals surface area contributed by atoms with Crippen LogP contribution in [0.1, 0.15) is 6.42 Å². The average molecular weight is 472 g/mol. The summed E-state index contributed by atoms with van der Waals surface area (Å²) in [6.45, 7) is -2.59. The van der Waals surface area contributed by atoms with E-state index in [1.54, 1.807) is 5.80 Å². The van der Waals surface area contributed by atoms with Gasteiger partial charge in [0.25, 0.3) is 5.91 Å². The van der Waals surface area contributed by atoms with Gasteiger partial charge in [0.1, 0.15) is 5.92 Å². The summed E-state index contributed by atoms with van der Waals surface area (Å²) in [6.07, 6.45) is -0.218. The number of Topliss-reactive ketones (excluding diaryl/α,β-unsaturated/α-hetero) is 1. The number of nitrogens with zero attached hydrogens (tertiary/aromatic N) is 2. The van der Waals surface area contributed by atoms with Crippen molar-refractivity contribution in [3.05, 3.63) is 91.0 Å².